The second-order valence-electron chi connectivity index (χ2n) is 2.14. The number of thioether (sulfide) groups is 1. The molecule has 0 aliphatic heterocycles. The summed E-state index contributed by atoms with van der Waals surface area (Å²) in [4.78, 5) is 0. The SMILES string of the molecule is O=S(=O)([O-])CCSCCS(=O)(=O)[O-].[Na+].[Na+]. The Morgan fingerprint density at radius 2 is 1.07 bits per heavy atom. The maximum atomic E-state index is 10.0. The molecule has 0 bridgehead atoms. The summed E-state index contributed by atoms with van der Waals surface area (Å²) in [6, 6.07) is 0. The van der Waals surface area contributed by atoms with Gasteiger partial charge in [0.1, 0.15) is 0 Å². The third-order valence-corrected chi connectivity index (χ3v) is 3.87. The molecule has 11 heteroatoms. The van der Waals surface area contributed by atoms with Gasteiger partial charge in [-0.1, -0.05) is 0 Å². The molecule has 0 aliphatic carbocycles. The fourth-order valence-electron chi connectivity index (χ4n) is 0.424. The molecule has 0 saturated carbocycles. The summed E-state index contributed by atoms with van der Waals surface area (Å²) in [5.41, 5.74) is 0. The smallest absolute Gasteiger partial charge is 0.748 e. The van der Waals surface area contributed by atoms with Crippen molar-refractivity contribution in [2.24, 2.45) is 0 Å². The van der Waals surface area contributed by atoms with Crippen LogP contribution in [0.2, 0.25) is 0 Å². The quantitative estimate of drug-likeness (QED) is 0.271. The van der Waals surface area contributed by atoms with Crippen molar-refractivity contribution >= 4 is 32.0 Å². The minimum Gasteiger partial charge on any atom is -0.748 e. The topological polar surface area (TPSA) is 114 Å². The molecule has 0 aromatic heterocycles. The van der Waals surface area contributed by atoms with Crippen LogP contribution < -0.4 is 59.1 Å². The first-order valence-electron chi connectivity index (χ1n) is 3.15. The molecule has 0 unspecified atom stereocenters. The van der Waals surface area contributed by atoms with E-state index in [0.29, 0.717) is 0 Å². The molecule has 0 saturated heterocycles. The Morgan fingerprint density at radius 3 is 1.27 bits per heavy atom. The zero-order valence-corrected chi connectivity index (χ0v) is 15.0. The number of hydrogen-bond acceptors (Lipinski definition) is 7. The van der Waals surface area contributed by atoms with Crippen molar-refractivity contribution in [3.63, 3.8) is 0 Å². The first-order valence-corrected chi connectivity index (χ1v) is 7.46. The fourth-order valence-corrected chi connectivity index (χ4v) is 3.20. The first kappa shape index (κ1) is 22.4. The molecule has 0 heterocycles. The van der Waals surface area contributed by atoms with Crippen LogP contribution in [-0.2, 0) is 20.2 Å². The van der Waals surface area contributed by atoms with Gasteiger partial charge in [0, 0.05) is 23.0 Å². The first-order chi connectivity index (χ1) is 5.71. The van der Waals surface area contributed by atoms with Crippen molar-refractivity contribution in [3.8, 4) is 0 Å². The Hall–Kier alpha value is 2.17. The van der Waals surface area contributed by atoms with Gasteiger partial charge in [-0.15, -0.1) is 0 Å². The van der Waals surface area contributed by atoms with Crippen LogP contribution in [0.25, 0.3) is 0 Å². The van der Waals surface area contributed by atoms with E-state index < -0.39 is 31.7 Å². The Morgan fingerprint density at radius 1 is 0.800 bits per heavy atom. The van der Waals surface area contributed by atoms with Crippen molar-refractivity contribution in [1.82, 2.24) is 0 Å². The maximum absolute atomic E-state index is 10.0. The Balaban J connectivity index is -0.000000720. The molecule has 0 rings (SSSR count). The largest absolute Gasteiger partial charge is 1.00 e. The molecule has 15 heavy (non-hydrogen) atoms. The van der Waals surface area contributed by atoms with Gasteiger partial charge in [0.05, 0.1) is 20.2 Å². The van der Waals surface area contributed by atoms with Gasteiger partial charge in [0.15, 0.2) is 0 Å². The molecule has 0 amide bonds. The van der Waals surface area contributed by atoms with Crippen LogP contribution in [0.3, 0.4) is 0 Å². The van der Waals surface area contributed by atoms with Gasteiger partial charge in [-0.3, -0.25) is 0 Å². The summed E-state index contributed by atoms with van der Waals surface area (Å²) in [5.74, 6) is -1.06. The van der Waals surface area contributed by atoms with Crippen molar-refractivity contribution < 1.29 is 85.1 Å². The van der Waals surface area contributed by atoms with E-state index in [-0.39, 0.29) is 70.6 Å². The molecule has 6 nitrogen and oxygen atoms in total. The van der Waals surface area contributed by atoms with E-state index in [1.807, 2.05) is 0 Å². The van der Waals surface area contributed by atoms with Crippen molar-refractivity contribution in [2.75, 3.05) is 23.0 Å². The summed E-state index contributed by atoms with van der Waals surface area (Å²) < 4.78 is 60.3. The van der Waals surface area contributed by atoms with Gasteiger partial charge >= 0.3 is 59.1 Å². The molecule has 0 aliphatic rings. The Labute approximate surface area is 138 Å². The van der Waals surface area contributed by atoms with E-state index in [2.05, 4.69) is 0 Å². The Kier molecular flexibility index (Phi) is 15.1. The fraction of sp³-hybridized carbons (Fsp3) is 1.00. The molecule has 0 radical (unpaired) electrons. The third-order valence-electron chi connectivity index (χ3n) is 0.955. The molecule has 0 atom stereocenters. The molecule has 0 N–H and O–H groups in total. The summed E-state index contributed by atoms with van der Waals surface area (Å²) in [6.07, 6.45) is 0. The van der Waals surface area contributed by atoms with Crippen LogP contribution >= 0.6 is 11.8 Å². The van der Waals surface area contributed by atoms with E-state index in [1.54, 1.807) is 0 Å². The molecule has 0 aromatic carbocycles. The van der Waals surface area contributed by atoms with Crippen molar-refractivity contribution in [2.45, 2.75) is 0 Å². The monoisotopic (exact) mass is 294 g/mol. The van der Waals surface area contributed by atoms with Gasteiger partial charge in [0.2, 0.25) is 0 Å². The van der Waals surface area contributed by atoms with Crippen LogP contribution in [0.1, 0.15) is 0 Å². The van der Waals surface area contributed by atoms with Crippen LogP contribution in [0.5, 0.6) is 0 Å². The average Bonchev–Trinajstić information content (AvgIpc) is 1.81. The molecular formula is C4H8Na2O6S3. The van der Waals surface area contributed by atoms with Crippen LogP contribution in [0.15, 0.2) is 0 Å². The predicted molar refractivity (Wildman–Crippen MR) is 46.5 cm³/mol. The maximum Gasteiger partial charge on any atom is 1.00 e. The van der Waals surface area contributed by atoms with Crippen molar-refractivity contribution in [1.29, 1.82) is 0 Å². The van der Waals surface area contributed by atoms with Crippen molar-refractivity contribution in [3.05, 3.63) is 0 Å². The second kappa shape index (κ2) is 10.1. The van der Waals surface area contributed by atoms with E-state index in [1.165, 1.54) is 0 Å². The van der Waals surface area contributed by atoms with Gasteiger partial charge in [-0.25, -0.2) is 16.8 Å². The summed E-state index contributed by atoms with van der Waals surface area (Å²) >= 11 is 0.949. The molecule has 80 valence electrons. The Bertz CT molecular complexity index is 301. The zero-order chi connectivity index (χ0) is 10.5. The number of hydrogen-bond donors (Lipinski definition) is 0. The van der Waals surface area contributed by atoms with Crippen LogP contribution in [-0.4, -0.2) is 49.0 Å². The minimum absolute atomic E-state index is 0. The summed E-state index contributed by atoms with van der Waals surface area (Å²) in [5, 5.41) is 0. The molecule has 0 spiro atoms. The average molecular weight is 294 g/mol. The minimum atomic E-state index is -4.24. The molecule has 0 fully saturated rings. The molecule has 0 aromatic rings. The van der Waals surface area contributed by atoms with Crippen LogP contribution in [0.4, 0.5) is 0 Å². The third kappa shape index (κ3) is 21.9. The number of rotatable bonds is 6. The van der Waals surface area contributed by atoms with E-state index in [9.17, 15) is 25.9 Å². The van der Waals surface area contributed by atoms with Gasteiger partial charge < -0.3 is 9.11 Å². The predicted octanol–water partition coefficient (Wildman–Crippen LogP) is -7.18. The normalized spacial score (nSPS) is 11.3. The summed E-state index contributed by atoms with van der Waals surface area (Å²) in [6.45, 7) is 0. The van der Waals surface area contributed by atoms with Gasteiger partial charge in [0.25, 0.3) is 0 Å². The van der Waals surface area contributed by atoms with Gasteiger partial charge in [-0.05, 0) is 0 Å². The van der Waals surface area contributed by atoms with E-state index in [0.717, 1.165) is 11.8 Å². The molecular weight excluding hydrogens is 286 g/mol. The zero-order valence-electron chi connectivity index (χ0n) is 8.50. The van der Waals surface area contributed by atoms with E-state index >= 15 is 0 Å². The van der Waals surface area contributed by atoms with Gasteiger partial charge in [-0.2, -0.15) is 11.8 Å². The summed E-state index contributed by atoms with van der Waals surface area (Å²) in [7, 11) is -8.48. The van der Waals surface area contributed by atoms with E-state index in [4.69, 9.17) is 0 Å². The second-order valence-corrected chi connectivity index (χ2v) is 6.41. The standard InChI is InChI=1S/C4H10O6S3.2Na/c5-12(6,7)3-1-11-2-4-13(8,9)10;;/h1-4H2,(H,5,6,7)(H,8,9,10);;/q;2*+1/p-2. The van der Waals surface area contributed by atoms with Crippen LogP contribution in [0, 0.1) is 0 Å².